The summed E-state index contributed by atoms with van der Waals surface area (Å²) in [5, 5.41) is 1.11. The van der Waals surface area contributed by atoms with Gasteiger partial charge in [-0.2, -0.15) is 0 Å². The number of anilines is 1. The van der Waals surface area contributed by atoms with Crippen molar-refractivity contribution in [2.45, 2.75) is 6.54 Å². The number of fused-ring (bicyclic) bond motifs is 1. The van der Waals surface area contributed by atoms with E-state index in [1.54, 1.807) is 25.6 Å². The first-order valence-corrected chi connectivity index (χ1v) is 10.5. The van der Waals surface area contributed by atoms with Crippen molar-refractivity contribution < 1.29 is 9.47 Å². The van der Waals surface area contributed by atoms with E-state index < -0.39 is 0 Å². The molecule has 1 fully saturated rings. The topological polar surface area (TPSA) is 37.8 Å². The molecule has 4 rings (SSSR count). The van der Waals surface area contributed by atoms with Crippen molar-refractivity contribution in [3.05, 3.63) is 46.4 Å². The molecule has 1 aliphatic rings. The van der Waals surface area contributed by atoms with Gasteiger partial charge in [0.05, 0.1) is 24.4 Å². The van der Waals surface area contributed by atoms with Gasteiger partial charge in [0, 0.05) is 42.8 Å². The fraction of sp³-hybridized carbons (Fsp3) is 0.350. The molecule has 142 valence electrons. The maximum Gasteiger partial charge on any atom is 0.186 e. The highest BCUT2D eigenvalue weighted by Gasteiger charge is 2.21. The van der Waals surface area contributed by atoms with Crippen LogP contribution >= 0.6 is 27.3 Å². The molecule has 0 spiro atoms. The molecule has 1 saturated heterocycles. The molecule has 1 aliphatic heterocycles. The van der Waals surface area contributed by atoms with Crippen molar-refractivity contribution in [1.82, 2.24) is 9.88 Å². The molecule has 2 heterocycles. The van der Waals surface area contributed by atoms with Crippen molar-refractivity contribution in [1.29, 1.82) is 0 Å². The summed E-state index contributed by atoms with van der Waals surface area (Å²) in [5.41, 5.74) is 2.23. The van der Waals surface area contributed by atoms with Gasteiger partial charge >= 0.3 is 0 Å². The molecule has 0 N–H and O–H groups in total. The minimum atomic E-state index is 0.862. The zero-order chi connectivity index (χ0) is 18.8. The predicted molar refractivity (Wildman–Crippen MR) is 114 cm³/mol. The monoisotopic (exact) mass is 447 g/mol. The highest BCUT2D eigenvalue weighted by Crippen LogP contribution is 2.32. The standard InChI is InChI=1S/C20H22BrN3O2S/c1-25-16-4-6-18(26-2)14(11-16)13-23-7-9-24(10-8-23)20-22-17-5-3-15(21)12-19(17)27-20/h3-6,11-12H,7-10,13H2,1-2H3. The van der Waals surface area contributed by atoms with Gasteiger partial charge in [-0.15, -0.1) is 0 Å². The minimum absolute atomic E-state index is 0.862. The van der Waals surface area contributed by atoms with Gasteiger partial charge < -0.3 is 14.4 Å². The smallest absolute Gasteiger partial charge is 0.186 e. The SMILES string of the molecule is COc1ccc(OC)c(CN2CCN(c3nc4ccc(Br)cc4s3)CC2)c1. The summed E-state index contributed by atoms with van der Waals surface area (Å²) in [5.74, 6) is 1.78. The van der Waals surface area contributed by atoms with Crippen LogP contribution in [0.2, 0.25) is 0 Å². The lowest BCUT2D eigenvalue weighted by Crippen LogP contribution is -2.45. The van der Waals surface area contributed by atoms with E-state index in [1.807, 2.05) is 18.2 Å². The van der Waals surface area contributed by atoms with E-state index in [2.05, 4.69) is 43.9 Å². The quantitative estimate of drug-likeness (QED) is 0.579. The first-order chi connectivity index (χ1) is 13.2. The lowest BCUT2D eigenvalue weighted by molar-refractivity contribution is 0.245. The van der Waals surface area contributed by atoms with Crippen LogP contribution in [0, 0.1) is 0 Å². The third kappa shape index (κ3) is 4.05. The van der Waals surface area contributed by atoms with E-state index in [1.165, 1.54) is 4.70 Å². The van der Waals surface area contributed by atoms with Crippen molar-refractivity contribution in [3.63, 3.8) is 0 Å². The number of halogens is 1. The highest BCUT2D eigenvalue weighted by molar-refractivity contribution is 9.10. The van der Waals surface area contributed by atoms with Gasteiger partial charge in [0.25, 0.3) is 0 Å². The second kappa shape index (κ2) is 8.04. The van der Waals surface area contributed by atoms with Crippen molar-refractivity contribution in [2.24, 2.45) is 0 Å². The molecule has 7 heteroatoms. The lowest BCUT2D eigenvalue weighted by Gasteiger charge is -2.34. The van der Waals surface area contributed by atoms with Crippen LogP contribution in [0.3, 0.4) is 0 Å². The number of hydrogen-bond donors (Lipinski definition) is 0. The average Bonchev–Trinajstić information content (AvgIpc) is 3.11. The van der Waals surface area contributed by atoms with Gasteiger partial charge in [-0.1, -0.05) is 27.3 Å². The molecule has 2 aromatic carbocycles. The number of aromatic nitrogens is 1. The first-order valence-electron chi connectivity index (χ1n) is 8.90. The van der Waals surface area contributed by atoms with Crippen LogP contribution in [0.5, 0.6) is 11.5 Å². The first kappa shape index (κ1) is 18.5. The summed E-state index contributed by atoms with van der Waals surface area (Å²) < 4.78 is 13.2. The Labute approximate surface area is 171 Å². The number of nitrogens with zero attached hydrogens (tertiary/aromatic N) is 3. The van der Waals surface area contributed by atoms with Crippen LogP contribution in [0.25, 0.3) is 10.2 Å². The number of benzene rings is 2. The van der Waals surface area contributed by atoms with Crippen LogP contribution in [0.4, 0.5) is 5.13 Å². The third-order valence-corrected chi connectivity index (χ3v) is 6.44. The Morgan fingerprint density at radius 2 is 1.85 bits per heavy atom. The van der Waals surface area contributed by atoms with Crippen LogP contribution in [0.1, 0.15) is 5.56 Å². The summed E-state index contributed by atoms with van der Waals surface area (Å²) in [7, 11) is 3.41. The fourth-order valence-corrected chi connectivity index (χ4v) is 4.93. The Kier molecular flexibility index (Phi) is 5.52. The maximum absolute atomic E-state index is 5.52. The van der Waals surface area contributed by atoms with E-state index in [0.717, 1.165) is 64.9 Å². The van der Waals surface area contributed by atoms with E-state index in [4.69, 9.17) is 14.5 Å². The average molecular weight is 448 g/mol. The molecular weight excluding hydrogens is 426 g/mol. The predicted octanol–water partition coefficient (Wildman–Crippen LogP) is 4.40. The fourth-order valence-electron chi connectivity index (χ4n) is 3.37. The van der Waals surface area contributed by atoms with Gasteiger partial charge in [0.2, 0.25) is 0 Å². The molecule has 27 heavy (non-hydrogen) atoms. The van der Waals surface area contributed by atoms with Crippen LogP contribution in [-0.2, 0) is 6.54 Å². The van der Waals surface area contributed by atoms with E-state index in [0.29, 0.717) is 0 Å². The zero-order valence-corrected chi connectivity index (χ0v) is 17.8. The molecule has 0 amide bonds. The molecule has 0 aliphatic carbocycles. The van der Waals surface area contributed by atoms with Crippen molar-refractivity contribution in [2.75, 3.05) is 45.3 Å². The number of thiazole rings is 1. The summed E-state index contributed by atoms with van der Waals surface area (Å²) in [6.45, 7) is 4.82. The van der Waals surface area contributed by atoms with Crippen LogP contribution < -0.4 is 14.4 Å². The maximum atomic E-state index is 5.52. The Hall–Kier alpha value is -1.83. The molecule has 0 unspecified atom stereocenters. The van der Waals surface area contributed by atoms with Gasteiger partial charge in [-0.3, -0.25) is 4.90 Å². The Bertz CT molecular complexity index is 938. The minimum Gasteiger partial charge on any atom is -0.497 e. The van der Waals surface area contributed by atoms with Crippen LogP contribution in [0.15, 0.2) is 40.9 Å². The molecule has 0 saturated carbocycles. The van der Waals surface area contributed by atoms with Gasteiger partial charge in [0.1, 0.15) is 11.5 Å². The molecule has 0 bridgehead atoms. The molecule has 0 radical (unpaired) electrons. The van der Waals surface area contributed by atoms with E-state index in [-0.39, 0.29) is 0 Å². The Morgan fingerprint density at radius 1 is 1.04 bits per heavy atom. The molecule has 1 aromatic heterocycles. The highest BCUT2D eigenvalue weighted by atomic mass is 79.9. The van der Waals surface area contributed by atoms with Gasteiger partial charge in [-0.25, -0.2) is 4.98 Å². The zero-order valence-electron chi connectivity index (χ0n) is 15.4. The number of hydrogen-bond acceptors (Lipinski definition) is 6. The Morgan fingerprint density at radius 3 is 2.59 bits per heavy atom. The second-order valence-corrected chi connectivity index (χ2v) is 8.47. The summed E-state index contributed by atoms with van der Waals surface area (Å²) in [6, 6.07) is 12.2. The third-order valence-electron chi connectivity index (χ3n) is 4.86. The lowest BCUT2D eigenvalue weighted by atomic mass is 10.1. The van der Waals surface area contributed by atoms with Gasteiger partial charge in [0.15, 0.2) is 5.13 Å². The van der Waals surface area contributed by atoms with Crippen molar-refractivity contribution >= 4 is 42.6 Å². The number of rotatable bonds is 5. The van der Waals surface area contributed by atoms with E-state index in [9.17, 15) is 0 Å². The summed E-state index contributed by atoms with van der Waals surface area (Å²) in [6.07, 6.45) is 0. The molecule has 3 aromatic rings. The number of ether oxygens (including phenoxy) is 2. The number of piperazine rings is 1. The largest absolute Gasteiger partial charge is 0.497 e. The van der Waals surface area contributed by atoms with Crippen molar-refractivity contribution in [3.8, 4) is 11.5 Å². The normalized spacial score (nSPS) is 15.3. The van der Waals surface area contributed by atoms with E-state index >= 15 is 0 Å². The summed E-state index contributed by atoms with van der Waals surface area (Å²) >= 11 is 5.30. The second-order valence-electron chi connectivity index (χ2n) is 6.55. The van der Waals surface area contributed by atoms with Crippen LogP contribution in [-0.4, -0.2) is 50.3 Å². The number of methoxy groups -OCH3 is 2. The Balaban J connectivity index is 1.43. The van der Waals surface area contributed by atoms with Gasteiger partial charge in [-0.05, 0) is 36.4 Å². The molecule has 5 nitrogen and oxygen atoms in total. The summed E-state index contributed by atoms with van der Waals surface area (Å²) in [4.78, 5) is 9.65. The molecule has 0 atom stereocenters. The molecular formula is C20H22BrN3O2S.